The van der Waals surface area contributed by atoms with Gasteiger partial charge in [-0.1, -0.05) is 13.8 Å². The fraction of sp³-hybridized carbons (Fsp3) is 0.778. The molecule has 0 aromatic heterocycles. The van der Waals surface area contributed by atoms with Crippen LogP contribution in [-0.4, -0.2) is 61.1 Å². The molecule has 2 aliphatic heterocycles. The van der Waals surface area contributed by atoms with Gasteiger partial charge >= 0.3 is 0 Å². The van der Waals surface area contributed by atoms with Gasteiger partial charge < -0.3 is 14.8 Å². The summed E-state index contributed by atoms with van der Waals surface area (Å²) in [6, 6.07) is 0. The van der Waals surface area contributed by atoms with Crippen molar-refractivity contribution >= 4 is 11.7 Å². The van der Waals surface area contributed by atoms with Crippen molar-refractivity contribution in [1.29, 1.82) is 0 Å². The molecule has 0 bridgehead atoms. The van der Waals surface area contributed by atoms with Crippen molar-refractivity contribution in [2.45, 2.75) is 52.2 Å². The van der Waals surface area contributed by atoms with E-state index in [1.54, 1.807) is 0 Å². The van der Waals surface area contributed by atoms with Crippen LogP contribution in [0.25, 0.3) is 0 Å². The molecule has 0 radical (unpaired) electrons. The van der Waals surface area contributed by atoms with Gasteiger partial charge in [-0.05, 0) is 26.2 Å². The molecule has 2 heterocycles. The lowest BCUT2D eigenvalue weighted by Crippen LogP contribution is -2.45. The van der Waals surface area contributed by atoms with E-state index in [1.165, 1.54) is 6.08 Å². The van der Waals surface area contributed by atoms with Crippen LogP contribution in [0, 0.1) is 5.92 Å². The Morgan fingerprint density at radius 2 is 2.21 bits per heavy atom. The van der Waals surface area contributed by atoms with E-state index in [0.29, 0.717) is 18.9 Å². The van der Waals surface area contributed by atoms with Gasteiger partial charge in [-0.25, -0.2) is 0 Å². The van der Waals surface area contributed by atoms with Crippen molar-refractivity contribution in [3.8, 4) is 0 Å². The van der Waals surface area contributed by atoms with Crippen molar-refractivity contribution in [2.75, 3.05) is 32.8 Å². The fourth-order valence-electron chi connectivity index (χ4n) is 3.16. The Hall–Kier alpha value is -1.40. The number of hydrogen-bond acceptors (Lipinski definition) is 5. The van der Waals surface area contributed by atoms with Crippen molar-refractivity contribution in [1.82, 2.24) is 10.2 Å². The van der Waals surface area contributed by atoms with Crippen LogP contribution in [0.2, 0.25) is 0 Å². The van der Waals surface area contributed by atoms with Gasteiger partial charge in [0.2, 0.25) is 0 Å². The number of nitrogens with one attached hydrogen (secondary N) is 1. The number of morpholine rings is 1. The first kappa shape index (κ1) is 18.9. The zero-order valence-corrected chi connectivity index (χ0v) is 15.3. The van der Waals surface area contributed by atoms with Crippen molar-refractivity contribution < 1.29 is 19.1 Å². The molecule has 24 heavy (non-hydrogen) atoms. The Kier molecular flexibility index (Phi) is 6.40. The maximum Gasteiger partial charge on any atom is 0.286 e. The van der Waals surface area contributed by atoms with Gasteiger partial charge in [0.15, 0.2) is 11.5 Å². The molecule has 136 valence electrons. The van der Waals surface area contributed by atoms with Crippen LogP contribution in [-0.2, 0) is 19.1 Å². The number of rotatable bonds is 6. The molecule has 1 saturated heterocycles. The highest BCUT2D eigenvalue weighted by atomic mass is 16.5. The zero-order valence-electron chi connectivity index (χ0n) is 15.3. The highest BCUT2D eigenvalue weighted by molar-refractivity contribution is 6.01. The van der Waals surface area contributed by atoms with Gasteiger partial charge in [-0.2, -0.15) is 0 Å². The molecule has 1 atom stereocenters. The van der Waals surface area contributed by atoms with Gasteiger partial charge in [0, 0.05) is 38.7 Å². The average Bonchev–Trinajstić information content (AvgIpc) is 2.44. The van der Waals surface area contributed by atoms with Crippen molar-refractivity contribution in [3.05, 3.63) is 11.8 Å². The summed E-state index contributed by atoms with van der Waals surface area (Å²) in [5.74, 6) is 0.351. The molecular formula is C18H30N2O4. The first-order valence-electron chi connectivity index (χ1n) is 8.81. The van der Waals surface area contributed by atoms with E-state index >= 15 is 0 Å². The van der Waals surface area contributed by atoms with E-state index in [1.807, 2.05) is 13.8 Å². The van der Waals surface area contributed by atoms with Gasteiger partial charge in [0.1, 0.15) is 5.60 Å². The summed E-state index contributed by atoms with van der Waals surface area (Å²) >= 11 is 0. The van der Waals surface area contributed by atoms with Crippen LogP contribution in [0.4, 0.5) is 0 Å². The molecule has 6 nitrogen and oxygen atoms in total. The Morgan fingerprint density at radius 1 is 1.46 bits per heavy atom. The molecule has 0 aliphatic carbocycles. The number of carbonyl (C=O) groups excluding carboxylic acids is 2. The lowest BCUT2D eigenvalue weighted by atomic mass is 9.98. The second-order valence-corrected chi connectivity index (χ2v) is 7.70. The lowest BCUT2D eigenvalue weighted by Gasteiger charge is -2.34. The SMILES string of the molecule is CC(C)CN1CCOC(CCNC(=O)C2=CC(=O)CC(C)(C)O2)C1. The second-order valence-electron chi connectivity index (χ2n) is 7.70. The fourth-order valence-corrected chi connectivity index (χ4v) is 3.16. The molecule has 2 aliphatic rings. The monoisotopic (exact) mass is 338 g/mol. The Bertz CT molecular complexity index is 499. The maximum absolute atomic E-state index is 12.2. The first-order chi connectivity index (χ1) is 11.2. The van der Waals surface area contributed by atoms with E-state index < -0.39 is 5.60 Å². The molecule has 1 amide bonds. The largest absolute Gasteiger partial charge is 0.482 e. The van der Waals surface area contributed by atoms with Crippen LogP contribution < -0.4 is 5.32 Å². The third-order valence-electron chi connectivity index (χ3n) is 4.10. The minimum Gasteiger partial charge on any atom is -0.482 e. The summed E-state index contributed by atoms with van der Waals surface area (Å²) in [5, 5.41) is 2.83. The van der Waals surface area contributed by atoms with E-state index in [0.717, 1.165) is 32.7 Å². The number of amides is 1. The number of hydrogen-bond donors (Lipinski definition) is 1. The Labute approximate surface area is 144 Å². The summed E-state index contributed by atoms with van der Waals surface area (Å²) in [4.78, 5) is 26.3. The van der Waals surface area contributed by atoms with Crippen LogP contribution in [0.1, 0.15) is 40.5 Å². The number of ketones is 1. The summed E-state index contributed by atoms with van der Waals surface area (Å²) in [5.41, 5.74) is -0.623. The standard InChI is InChI=1S/C18H30N2O4/c1-13(2)11-20-7-8-23-15(12-20)5-6-19-17(22)16-9-14(21)10-18(3,4)24-16/h9,13,15H,5-8,10-12H2,1-4H3,(H,19,22). The molecule has 1 fully saturated rings. The number of allylic oxidation sites excluding steroid dienone is 1. The molecule has 1 unspecified atom stereocenters. The second kappa shape index (κ2) is 8.12. The first-order valence-corrected chi connectivity index (χ1v) is 8.81. The van der Waals surface area contributed by atoms with Crippen molar-refractivity contribution in [3.63, 3.8) is 0 Å². The summed E-state index contributed by atoms with van der Waals surface area (Å²) < 4.78 is 11.4. The molecule has 0 spiro atoms. The lowest BCUT2D eigenvalue weighted by molar-refractivity contribution is -0.131. The predicted octanol–water partition coefficient (Wildman–Crippen LogP) is 1.50. The molecule has 0 saturated carbocycles. The summed E-state index contributed by atoms with van der Waals surface area (Å²) in [7, 11) is 0. The van der Waals surface area contributed by atoms with Gasteiger partial charge in [0.25, 0.3) is 5.91 Å². The maximum atomic E-state index is 12.2. The minimum atomic E-state index is -0.623. The Balaban J connectivity index is 1.75. The summed E-state index contributed by atoms with van der Waals surface area (Å²) in [6.45, 7) is 12.2. The minimum absolute atomic E-state index is 0.0728. The topological polar surface area (TPSA) is 67.9 Å². The third-order valence-corrected chi connectivity index (χ3v) is 4.10. The predicted molar refractivity (Wildman–Crippen MR) is 91.5 cm³/mol. The molecule has 6 heteroatoms. The summed E-state index contributed by atoms with van der Waals surface area (Å²) in [6.07, 6.45) is 2.48. The van der Waals surface area contributed by atoms with Crippen LogP contribution in [0.5, 0.6) is 0 Å². The normalized spacial score (nSPS) is 24.5. The zero-order chi connectivity index (χ0) is 17.7. The molecule has 0 aromatic carbocycles. The van der Waals surface area contributed by atoms with Gasteiger partial charge in [-0.15, -0.1) is 0 Å². The number of ether oxygens (including phenoxy) is 2. The highest BCUT2D eigenvalue weighted by Crippen LogP contribution is 2.24. The van der Waals surface area contributed by atoms with Crippen LogP contribution in [0.15, 0.2) is 11.8 Å². The Morgan fingerprint density at radius 3 is 2.88 bits per heavy atom. The quantitative estimate of drug-likeness (QED) is 0.795. The molecule has 0 aromatic rings. The van der Waals surface area contributed by atoms with Gasteiger partial charge in [0.05, 0.1) is 12.7 Å². The molecular weight excluding hydrogens is 308 g/mol. The van der Waals surface area contributed by atoms with Crippen molar-refractivity contribution in [2.24, 2.45) is 5.92 Å². The van der Waals surface area contributed by atoms with Crippen LogP contribution in [0.3, 0.4) is 0 Å². The number of nitrogens with zero attached hydrogens (tertiary/aromatic N) is 1. The molecule has 2 rings (SSSR count). The van der Waals surface area contributed by atoms with E-state index in [4.69, 9.17) is 9.47 Å². The van der Waals surface area contributed by atoms with Crippen LogP contribution >= 0.6 is 0 Å². The smallest absolute Gasteiger partial charge is 0.286 e. The number of carbonyl (C=O) groups is 2. The molecule has 1 N–H and O–H groups in total. The van der Waals surface area contributed by atoms with E-state index in [9.17, 15) is 9.59 Å². The van der Waals surface area contributed by atoms with E-state index in [-0.39, 0.29) is 23.6 Å². The highest BCUT2D eigenvalue weighted by Gasteiger charge is 2.31. The third kappa shape index (κ3) is 5.91. The average molecular weight is 338 g/mol. The van der Waals surface area contributed by atoms with E-state index in [2.05, 4.69) is 24.1 Å². The van der Waals surface area contributed by atoms with Gasteiger partial charge in [-0.3, -0.25) is 14.5 Å².